The van der Waals surface area contributed by atoms with Crippen molar-refractivity contribution in [3.05, 3.63) is 36.4 Å². The van der Waals surface area contributed by atoms with Crippen molar-refractivity contribution in [1.29, 1.82) is 0 Å². The van der Waals surface area contributed by atoms with Gasteiger partial charge in [0, 0.05) is 0 Å². The Labute approximate surface area is 108 Å². The fourth-order valence-corrected chi connectivity index (χ4v) is 6.65. The standard InChI is InChI=1S/C10H7O3S.2CH3.Sn.H/c11-14(12,13)10-7-3-5-8-4-1-2-6-9(8)10;;;;/h1-3,5-7H,(H,11,12,13);2*1H3;;. The molecule has 0 aliphatic rings. The monoisotopic (exact) mass is 358 g/mol. The van der Waals surface area contributed by atoms with E-state index in [-0.39, 0.29) is 4.90 Å². The van der Waals surface area contributed by atoms with Gasteiger partial charge in [-0.2, -0.15) is 0 Å². The summed E-state index contributed by atoms with van der Waals surface area (Å²) < 4.78 is 33.1. The average molecular weight is 357 g/mol. The van der Waals surface area contributed by atoms with Crippen LogP contribution in [0.3, 0.4) is 0 Å². The number of hydrogen-bond donors (Lipinski definition) is 1. The van der Waals surface area contributed by atoms with Gasteiger partial charge >= 0.3 is 108 Å². The molecular formula is C12H14O3SSn. The number of benzene rings is 2. The molecule has 2 rings (SSSR count). The zero-order chi connectivity index (χ0) is 12.6. The van der Waals surface area contributed by atoms with Gasteiger partial charge in [0.1, 0.15) is 0 Å². The Balaban J connectivity index is 2.89. The SMILES string of the molecule is [CH3][SnH]([CH3])[c]1cccc2c(S(=O)(=O)O)cccc12. The second-order valence-electron chi connectivity index (χ2n) is 4.33. The van der Waals surface area contributed by atoms with Crippen LogP contribution < -0.4 is 3.58 Å². The summed E-state index contributed by atoms with van der Waals surface area (Å²) in [5, 5.41) is 1.59. The van der Waals surface area contributed by atoms with Crippen LogP contribution in [0.2, 0.25) is 9.88 Å². The van der Waals surface area contributed by atoms with Crippen LogP contribution >= 0.6 is 0 Å². The fraction of sp³-hybridized carbons (Fsp3) is 0.167. The van der Waals surface area contributed by atoms with Crippen molar-refractivity contribution in [1.82, 2.24) is 0 Å². The molecule has 0 aliphatic heterocycles. The van der Waals surface area contributed by atoms with E-state index in [0.717, 1.165) is 5.39 Å². The Morgan fingerprint density at radius 2 is 1.59 bits per heavy atom. The third-order valence-electron chi connectivity index (χ3n) is 2.82. The van der Waals surface area contributed by atoms with Gasteiger partial charge in [-0.25, -0.2) is 0 Å². The van der Waals surface area contributed by atoms with E-state index in [1.54, 1.807) is 12.1 Å². The average Bonchev–Trinajstić information content (AvgIpc) is 2.26. The van der Waals surface area contributed by atoms with Gasteiger partial charge in [0.05, 0.1) is 0 Å². The molecule has 1 N–H and O–H groups in total. The number of hydrogen-bond acceptors (Lipinski definition) is 2. The summed E-state index contributed by atoms with van der Waals surface area (Å²) in [5.74, 6) is 0. The van der Waals surface area contributed by atoms with Crippen molar-refractivity contribution >= 4 is 44.2 Å². The van der Waals surface area contributed by atoms with Crippen molar-refractivity contribution in [2.45, 2.75) is 14.8 Å². The van der Waals surface area contributed by atoms with Crippen molar-refractivity contribution in [2.75, 3.05) is 0 Å². The van der Waals surface area contributed by atoms with E-state index in [4.69, 9.17) is 0 Å². The van der Waals surface area contributed by atoms with Crippen molar-refractivity contribution in [2.24, 2.45) is 0 Å². The van der Waals surface area contributed by atoms with Gasteiger partial charge in [-0.15, -0.1) is 0 Å². The maximum absolute atomic E-state index is 11.3. The van der Waals surface area contributed by atoms with Gasteiger partial charge in [0.15, 0.2) is 0 Å². The van der Waals surface area contributed by atoms with Gasteiger partial charge in [0.2, 0.25) is 0 Å². The fourth-order valence-electron chi connectivity index (χ4n) is 2.03. The predicted molar refractivity (Wildman–Crippen MR) is 72.3 cm³/mol. The number of rotatable bonds is 2. The molecule has 2 aromatic rings. The molecule has 0 atom stereocenters. The summed E-state index contributed by atoms with van der Waals surface area (Å²) in [6.07, 6.45) is 0. The first-order valence-electron chi connectivity index (χ1n) is 5.40. The Hall–Kier alpha value is -0.591. The summed E-state index contributed by atoms with van der Waals surface area (Å²) >= 11 is -1.71. The molecule has 0 spiro atoms. The maximum atomic E-state index is 11.3. The molecule has 90 valence electrons. The second-order valence-corrected chi connectivity index (χ2v) is 14.1. The van der Waals surface area contributed by atoms with Crippen molar-refractivity contribution in [3.8, 4) is 0 Å². The van der Waals surface area contributed by atoms with E-state index in [1.807, 2.05) is 12.1 Å². The third-order valence-corrected chi connectivity index (χ3v) is 8.71. The van der Waals surface area contributed by atoms with Gasteiger partial charge in [-0.05, 0) is 0 Å². The van der Waals surface area contributed by atoms with Crippen LogP contribution in [0.5, 0.6) is 0 Å². The molecule has 0 heterocycles. The molecule has 0 fully saturated rings. The molecule has 5 heteroatoms. The summed E-state index contributed by atoms with van der Waals surface area (Å²) in [7, 11) is -4.15. The predicted octanol–water partition coefficient (Wildman–Crippen LogP) is 1.78. The first-order chi connectivity index (χ1) is 7.91. The molecule has 0 radical (unpaired) electrons. The second kappa shape index (κ2) is 4.59. The van der Waals surface area contributed by atoms with Gasteiger partial charge in [0.25, 0.3) is 0 Å². The normalized spacial score (nSPS) is 12.2. The Bertz CT molecular complexity index is 663. The molecule has 0 aromatic heterocycles. The van der Waals surface area contributed by atoms with Crippen LogP contribution in [0.4, 0.5) is 0 Å². The van der Waals surface area contributed by atoms with E-state index in [2.05, 4.69) is 15.9 Å². The van der Waals surface area contributed by atoms with Crippen LogP contribution in [0.15, 0.2) is 41.3 Å². The Kier molecular flexibility index (Phi) is 3.47. The molecule has 17 heavy (non-hydrogen) atoms. The first-order valence-corrected chi connectivity index (χ1v) is 15.1. The quantitative estimate of drug-likeness (QED) is 0.659. The van der Waals surface area contributed by atoms with Crippen LogP contribution in [-0.2, 0) is 10.1 Å². The molecule has 2 aromatic carbocycles. The van der Waals surface area contributed by atoms with Crippen molar-refractivity contribution in [3.63, 3.8) is 0 Å². The van der Waals surface area contributed by atoms with E-state index in [1.165, 1.54) is 9.65 Å². The Morgan fingerprint density at radius 3 is 2.18 bits per heavy atom. The summed E-state index contributed by atoms with van der Waals surface area (Å²) in [4.78, 5) is 4.52. The van der Waals surface area contributed by atoms with Gasteiger partial charge in [-0.1, -0.05) is 0 Å². The molecule has 3 nitrogen and oxygen atoms in total. The summed E-state index contributed by atoms with van der Waals surface area (Å²) in [5.41, 5.74) is 0. The van der Waals surface area contributed by atoms with E-state index < -0.39 is 29.9 Å². The van der Waals surface area contributed by atoms with Crippen LogP contribution in [-0.4, -0.2) is 32.7 Å². The zero-order valence-electron chi connectivity index (χ0n) is 9.71. The Morgan fingerprint density at radius 1 is 1.00 bits per heavy atom. The molecule has 0 bridgehead atoms. The van der Waals surface area contributed by atoms with Crippen LogP contribution in [0.25, 0.3) is 10.8 Å². The molecule has 0 aliphatic carbocycles. The first kappa shape index (κ1) is 12.9. The topological polar surface area (TPSA) is 54.4 Å². The zero-order valence-corrected chi connectivity index (χ0v) is 13.8. The third kappa shape index (κ3) is 2.48. The summed E-state index contributed by atoms with van der Waals surface area (Å²) in [6, 6.07) is 10.7. The molecule has 0 unspecified atom stereocenters. The minimum absolute atomic E-state index is 0.00351. The summed E-state index contributed by atoms with van der Waals surface area (Å²) in [6.45, 7) is 0. The molecular weight excluding hydrogens is 343 g/mol. The van der Waals surface area contributed by atoms with Crippen LogP contribution in [0.1, 0.15) is 0 Å². The van der Waals surface area contributed by atoms with Crippen molar-refractivity contribution < 1.29 is 13.0 Å². The molecule has 0 amide bonds. The van der Waals surface area contributed by atoms with Crippen LogP contribution in [0, 0.1) is 0 Å². The van der Waals surface area contributed by atoms with E-state index >= 15 is 0 Å². The number of fused-ring (bicyclic) bond motifs is 1. The van der Waals surface area contributed by atoms with E-state index in [9.17, 15) is 13.0 Å². The van der Waals surface area contributed by atoms with E-state index in [0.29, 0.717) is 5.39 Å². The minimum atomic E-state index is -4.15. The van der Waals surface area contributed by atoms with Gasteiger partial charge in [-0.3, -0.25) is 0 Å². The molecule has 0 saturated carbocycles. The molecule has 0 saturated heterocycles. The van der Waals surface area contributed by atoms with Gasteiger partial charge < -0.3 is 0 Å².